The van der Waals surface area contributed by atoms with Crippen LogP contribution < -0.4 is 4.90 Å². The molecule has 0 saturated heterocycles. The van der Waals surface area contributed by atoms with Crippen LogP contribution in [-0.2, 0) is 6.42 Å². The number of rotatable bonds is 5. The number of anilines is 1. The van der Waals surface area contributed by atoms with Crippen LogP contribution in [0.15, 0.2) is 48.7 Å². The number of pyridine rings is 1. The zero-order valence-electron chi connectivity index (χ0n) is 16.3. The van der Waals surface area contributed by atoms with Crippen molar-refractivity contribution < 1.29 is 9.59 Å². The molecule has 2 aromatic heterocycles. The summed E-state index contributed by atoms with van der Waals surface area (Å²) in [6.45, 7) is 3.39. The Morgan fingerprint density at radius 2 is 1.93 bits per heavy atom. The lowest BCUT2D eigenvalue weighted by molar-refractivity contribution is 0.0790. The van der Waals surface area contributed by atoms with E-state index in [1.165, 1.54) is 0 Å². The highest BCUT2D eigenvalue weighted by Crippen LogP contribution is 2.29. The number of carbonyl (C=O) groups excluding carboxylic acids is 2. The topological polar surface area (TPSA) is 57.9 Å². The first kappa shape index (κ1) is 18.2. The van der Waals surface area contributed by atoms with Gasteiger partial charge in [0.2, 0.25) is 5.82 Å². The van der Waals surface area contributed by atoms with Crippen molar-refractivity contribution in [1.29, 1.82) is 0 Å². The monoisotopic (exact) mass is 376 g/mol. The molecule has 0 radical (unpaired) electrons. The van der Waals surface area contributed by atoms with Crippen molar-refractivity contribution in [2.24, 2.45) is 0 Å². The zero-order valence-corrected chi connectivity index (χ0v) is 16.3. The summed E-state index contributed by atoms with van der Waals surface area (Å²) >= 11 is 0. The zero-order chi connectivity index (χ0) is 19.7. The molecule has 0 fully saturated rings. The average molecular weight is 376 g/mol. The standard InChI is InChI=1S/C22H24N4O2/c1-3-4-13-24(2)21(27)19-18-11-7-8-14-25(18)20(23-19)22(28)26-15-12-16-9-5-6-10-17(16)26/h5-11,14H,3-4,12-13,15H2,1-2H3. The van der Waals surface area contributed by atoms with E-state index in [1.54, 1.807) is 27.4 Å². The summed E-state index contributed by atoms with van der Waals surface area (Å²) in [5.41, 5.74) is 3.07. The summed E-state index contributed by atoms with van der Waals surface area (Å²) in [4.78, 5) is 34.2. The lowest BCUT2D eigenvalue weighted by Crippen LogP contribution is -2.31. The maximum atomic E-state index is 13.3. The van der Waals surface area contributed by atoms with Gasteiger partial charge in [-0.3, -0.25) is 14.0 Å². The molecule has 6 nitrogen and oxygen atoms in total. The van der Waals surface area contributed by atoms with E-state index in [1.807, 2.05) is 42.5 Å². The minimum absolute atomic E-state index is 0.155. The Kier molecular flexibility index (Phi) is 4.86. The molecule has 144 valence electrons. The second kappa shape index (κ2) is 7.46. The van der Waals surface area contributed by atoms with E-state index < -0.39 is 0 Å². The van der Waals surface area contributed by atoms with Crippen LogP contribution >= 0.6 is 0 Å². The second-order valence-corrected chi connectivity index (χ2v) is 7.16. The van der Waals surface area contributed by atoms with E-state index in [2.05, 4.69) is 11.9 Å². The molecular formula is C22H24N4O2. The molecule has 0 N–H and O–H groups in total. The van der Waals surface area contributed by atoms with Crippen molar-refractivity contribution >= 4 is 23.0 Å². The molecule has 1 aromatic carbocycles. The molecule has 4 rings (SSSR count). The van der Waals surface area contributed by atoms with Crippen LogP contribution in [0.1, 0.15) is 46.4 Å². The Morgan fingerprint density at radius 1 is 1.14 bits per heavy atom. The number of imidazole rings is 1. The molecular weight excluding hydrogens is 352 g/mol. The summed E-state index contributed by atoms with van der Waals surface area (Å²) in [6.07, 6.45) is 4.57. The maximum absolute atomic E-state index is 13.3. The third-order valence-electron chi connectivity index (χ3n) is 5.27. The van der Waals surface area contributed by atoms with Crippen LogP contribution in [0.3, 0.4) is 0 Å². The maximum Gasteiger partial charge on any atom is 0.294 e. The van der Waals surface area contributed by atoms with Gasteiger partial charge in [-0.1, -0.05) is 37.6 Å². The third kappa shape index (κ3) is 3.05. The third-order valence-corrected chi connectivity index (χ3v) is 5.27. The van der Waals surface area contributed by atoms with Gasteiger partial charge in [-0.05, 0) is 36.6 Å². The quantitative estimate of drug-likeness (QED) is 0.686. The summed E-state index contributed by atoms with van der Waals surface area (Å²) < 4.78 is 1.73. The number of amides is 2. The molecule has 0 unspecified atom stereocenters. The van der Waals surface area contributed by atoms with Crippen LogP contribution in [0.25, 0.3) is 5.52 Å². The van der Waals surface area contributed by atoms with Crippen LogP contribution in [-0.4, -0.2) is 46.2 Å². The van der Waals surface area contributed by atoms with Crippen LogP contribution in [0, 0.1) is 0 Å². The molecule has 0 aliphatic carbocycles. The van der Waals surface area contributed by atoms with Gasteiger partial charge in [0.1, 0.15) is 0 Å². The lowest BCUT2D eigenvalue weighted by Gasteiger charge is -2.16. The van der Waals surface area contributed by atoms with Crippen molar-refractivity contribution in [3.05, 3.63) is 65.7 Å². The van der Waals surface area contributed by atoms with E-state index in [0.717, 1.165) is 30.5 Å². The number of hydrogen-bond acceptors (Lipinski definition) is 3. The summed E-state index contributed by atoms with van der Waals surface area (Å²) in [6, 6.07) is 13.5. The van der Waals surface area contributed by atoms with Crippen molar-refractivity contribution in [1.82, 2.24) is 14.3 Å². The van der Waals surface area contributed by atoms with Crippen LogP contribution in [0.5, 0.6) is 0 Å². The molecule has 1 aliphatic rings. The van der Waals surface area contributed by atoms with Gasteiger partial charge >= 0.3 is 0 Å². The molecule has 28 heavy (non-hydrogen) atoms. The average Bonchev–Trinajstić information content (AvgIpc) is 3.33. The number of benzene rings is 1. The SMILES string of the molecule is CCCCN(C)C(=O)c1nc(C(=O)N2CCc3ccccc32)n2ccccc12. The van der Waals surface area contributed by atoms with Gasteiger partial charge in [-0.25, -0.2) is 4.98 Å². The molecule has 0 saturated carbocycles. The van der Waals surface area contributed by atoms with Gasteiger partial charge in [-0.15, -0.1) is 0 Å². The first-order valence-corrected chi connectivity index (χ1v) is 9.74. The normalized spacial score (nSPS) is 13.0. The van der Waals surface area contributed by atoms with Crippen molar-refractivity contribution in [3.8, 4) is 0 Å². The number of carbonyl (C=O) groups is 2. The smallest absolute Gasteiger partial charge is 0.294 e. The van der Waals surface area contributed by atoms with Gasteiger partial charge in [-0.2, -0.15) is 0 Å². The highest BCUT2D eigenvalue weighted by Gasteiger charge is 2.30. The fourth-order valence-corrected chi connectivity index (χ4v) is 3.69. The van der Waals surface area contributed by atoms with Crippen molar-refractivity contribution in [3.63, 3.8) is 0 Å². The predicted molar refractivity (Wildman–Crippen MR) is 109 cm³/mol. The Morgan fingerprint density at radius 3 is 2.75 bits per heavy atom. The second-order valence-electron chi connectivity index (χ2n) is 7.16. The number of fused-ring (bicyclic) bond motifs is 2. The highest BCUT2D eigenvalue weighted by molar-refractivity contribution is 6.08. The molecule has 0 bridgehead atoms. The van der Waals surface area contributed by atoms with Gasteiger partial charge < -0.3 is 9.80 Å². The summed E-state index contributed by atoms with van der Waals surface area (Å²) in [5, 5.41) is 0. The number of unbranched alkanes of at least 4 members (excludes halogenated alkanes) is 1. The molecule has 2 amide bonds. The summed E-state index contributed by atoms with van der Waals surface area (Å²) in [7, 11) is 1.78. The van der Waals surface area contributed by atoms with Gasteiger partial charge in [0.15, 0.2) is 5.69 Å². The Labute approximate surface area is 164 Å². The van der Waals surface area contributed by atoms with Crippen molar-refractivity contribution in [2.45, 2.75) is 26.2 Å². The van der Waals surface area contributed by atoms with E-state index in [0.29, 0.717) is 24.3 Å². The first-order valence-electron chi connectivity index (χ1n) is 9.74. The number of aromatic nitrogens is 2. The van der Waals surface area contributed by atoms with E-state index in [-0.39, 0.29) is 17.6 Å². The minimum atomic E-state index is -0.179. The van der Waals surface area contributed by atoms with E-state index in [4.69, 9.17) is 0 Å². The Balaban J connectivity index is 1.73. The van der Waals surface area contributed by atoms with Gasteiger partial charge in [0.05, 0.1) is 5.52 Å². The highest BCUT2D eigenvalue weighted by atomic mass is 16.2. The Bertz CT molecular complexity index is 1040. The molecule has 6 heteroatoms. The predicted octanol–water partition coefficient (Wildman–Crippen LogP) is 3.41. The van der Waals surface area contributed by atoms with E-state index >= 15 is 0 Å². The number of para-hydroxylation sites is 1. The molecule has 3 heterocycles. The van der Waals surface area contributed by atoms with Gasteiger partial charge in [0.25, 0.3) is 11.8 Å². The molecule has 0 spiro atoms. The molecule has 0 atom stereocenters. The lowest BCUT2D eigenvalue weighted by atomic mass is 10.2. The number of hydrogen-bond donors (Lipinski definition) is 0. The van der Waals surface area contributed by atoms with Crippen LogP contribution in [0.4, 0.5) is 5.69 Å². The number of nitrogens with zero attached hydrogens (tertiary/aromatic N) is 4. The van der Waals surface area contributed by atoms with Gasteiger partial charge in [0, 0.05) is 32.0 Å². The summed E-state index contributed by atoms with van der Waals surface area (Å²) in [5.74, 6) is -0.0565. The fourth-order valence-electron chi connectivity index (χ4n) is 3.69. The fraction of sp³-hybridized carbons (Fsp3) is 0.318. The minimum Gasteiger partial charge on any atom is -0.340 e. The van der Waals surface area contributed by atoms with Crippen LogP contribution in [0.2, 0.25) is 0 Å². The first-order chi connectivity index (χ1) is 13.6. The molecule has 1 aliphatic heterocycles. The Hall–Kier alpha value is -3.15. The molecule has 3 aromatic rings. The van der Waals surface area contributed by atoms with E-state index in [9.17, 15) is 9.59 Å². The van der Waals surface area contributed by atoms with Crippen molar-refractivity contribution in [2.75, 3.05) is 25.0 Å². The largest absolute Gasteiger partial charge is 0.340 e.